The molecule has 0 N–H and O–H groups in total. The molecule has 15 heavy (non-hydrogen) atoms. The standard InChI is InChI=1S/C9H16N2O3S/c1-2-14-9-3-6-11(7-4-9)15(12,13)8-5-10/h9H,2-4,6-8H2,1H3. The number of ether oxygens (including phenoxy) is 1. The van der Waals surface area contributed by atoms with Crippen LogP contribution in [0, 0.1) is 11.3 Å². The Morgan fingerprint density at radius 3 is 2.53 bits per heavy atom. The molecule has 0 aromatic carbocycles. The van der Waals surface area contributed by atoms with Crippen LogP contribution in [-0.4, -0.2) is 44.3 Å². The Labute approximate surface area is 90.7 Å². The van der Waals surface area contributed by atoms with Crippen molar-refractivity contribution >= 4 is 10.0 Å². The van der Waals surface area contributed by atoms with Gasteiger partial charge in [0.2, 0.25) is 10.0 Å². The van der Waals surface area contributed by atoms with Crippen molar-refractivity contribution in [2.45, 2.75) is 25.9 Å². The predicted octanol–water partition coefficient (Wildman–Crippen LogP) is 0.341. The minimum Gasteiger partial charge on any atom is -0.378 e. The lowest BCUT2D eigenvalue weighted by molar-refractivity contribution is 0.0290. The molecule has 0 radical (unpaired) electrons. The first kappa shape index (κ1) is 12.4. The molecule has 0 aromatic rings. The summed E-state index contributed by atoms with van der Waals surface area (Å²) in [6.45, 7) is 3.53. The van der Waals surface area contributed by atoms with E-state index < -0.39 is 15.8 Å². The topological polar surface area (TPSA) is 70.4 Å². The predicted molar refractivity (Wildman–Crippen MR) is 55.6 cm³/mol. The molecule has 1 aliphatic heterocycles. The van der Waals surface area contributed by atoms with E-state index in [0.717, 1.165) is 12.8 Å². The van der Waals surface area contributed by atoms with Crippen molar-refractivity contribution in [3.05, 3.63) is 0 Å². The van der Waals surface area contributed by atoms with E-state index in [1.54, 1.807) is 6.07 Å². The SMILES string of the molecule is CCOC1CCN(S(=O)(=O)CC#N)CC1. The Morgan fingerprint density at radius 2 is 2.07 bits per heavy atom. The van der Waals surface area contributed by atoms with Gasteiger partial charge < -0.3 is 4.74 Å². The summed E-state index contributed by atoms with van der Waals surface area (Å²) in [5.74, 6) is -0.424. The van der Waals surface area contributed by atoms with Crippen molar-refractivity contribution in [2.24, 2.45) is 0 Å². The number of nitrogens with zero attached hydrogens (tertiary/aromatic N) is 2. The van der Waals surface area contributed by atoms with Crippen LogP contribution in [0.1, 0.15) is 19.8 Å². The smallest absolute Gasteiger partial charge is 0.227 e. The molecule has 86 valence electrons. The summed E-state index contributed by atoms with van der Waals surface area (Å²) in [5.41, 5.74) is 0. The summed E-state index contributed by atoms with van der Waals surface area (Å²) in [6.07, 6.45) is 1.61. The summed E-state index contributed by atoms with van der Waals surface area (Å²) in [5, 5.41) is 8.39. The Morgan fingerprint density at radius 1 is 1.47 bits per heavy atom. The zero-order chi connectivity index (χ0) is 11.3. The van der Waals surface area contributed by atoms with Gasteiger partial charge in [-0.15, -0.1) is 0 Å². The molecule has 6 heteroatoms. The Bertz CT molecular complexity index is 326. The number of piperidine rings is 1. The number of nitriles is 1. The van der Waals surface area contributed by atoms with Gasteiger partial charge in [0, 0.05) is 19.7 Å². The summed E-state index contributed by atoms with van der Waals surface area (Å²) < 4.78 is 29.8. The molecule has 1 heterocycles. The van der Waals surface area contributed by atoms with E-state index in [1.165, 1.54) is 4.31 Å². The van der Waals surface area contributed by atoms with Gasteiger partial charge in [-0.25, -0.2) is 12.7 Å². The van der Waals surface area contributed by atoms with Crippen LogP contribution in [-0.2, 0) is 14.8 Å². The van der Waals surface area contributed by atoms with E-state index in [-0.39, 0.29) is 6.10 Å². The average molecular weight is 232 g/mol. The first-order valence-corrected chi connectivity index (χ1v) is 6.67. The first-order valence-electron chi connectivity index (χ1n) is 5.06. The van der Waals surface area contributed by atoms with Gasteiger partial charge in [0.25, 0.3) is 0 Å². The molecule has 1 fully saturated rings. The van der Waals surface area contributed by atoms with Gasteiger partial charge in [-0.1, -0.05) is 0 Å². The zero-order valence-corrected chi connectivity index (χ0v) is 9.66. The van der Waals surface area contributed by atoms with Gasteiger partial charge in [0.1, 0.15) is 0 Å². The highest BCUT2D eigenvalue weighted by Gasteiger charge is 2.27. The second kappa shape index (κ2) is 5.45. The van der Waals surface area contributed by atoms with Crippen molar-refractivity contribution in [2.75, 3.05) is 25.4 Å². The molecular formula is C9H16N2O3S. The van der Waals surface area contributed by atoms with Gasteiger partial charge >= 0.3 is 0 Å². The van der Waals surface area contributed by atoms with Gasteiger partial charge in [-0.05, 0) is 19.8 Å². The van der Waals surface area contributed by atoms with E-state index in [9.17, 15) is 8.42 Å². The molecule has 0 saturated carbocycles. The van der Waals surface area contributed by atoms with E-state index in [4.69, 9.17) is 10.00 Å². The quantitative estimate of drug-likeness (QED) is 0.701. The van der Waals surface area contributed by atoms with Crippen molar-refractivity contribution in [1.29, 1.82) is 5.26 Å². The molecule has 1 saturated heterocycles. The van der Waals surface area contributed by atoms with Crippen LogP contribution < -0.4 is 0 Å². The number of hydrogen-bond donors (Lipinski definition) is 0. The largest absolute Gasteiger partial charge is 0.378 e. The minimum absolute atomic E-state index is 0.170. The fourth-order valence-corrected chi connectivity index (χ4v) is 2.80. The minimum atomic E-state index is -3.36. The molecule has 5 nitrogen and oxygen atoms in total. The fraction of sp³-hybridized carbons (Fsp3) is 0.889. The van der Waals surface area contributed by atoms with Crippen LogP contribution in [0.4, 0.5) is 0 Å². The van der Waals surface area contributed by atoms with Crippen molar-refractivity contribution in [3.63, 3.8) is 0 Å². The van der Waals surface area contributed by atoms with Crippen molar-refractivity contribution in [3.8, 4) is 6.07 Å². The average Bonchev–Trinajstić information content (AvgIpc) is 2.19. The summed E-state index contributed by atoms with van der Waals surface area (Å²) in [6, 6.07) is 1.68. The highest BCUT2D eigenvalue weighted by Crippen LogP contribution is 2.16. The number of sulfonamides is 1. The van der Waals surface area contributed by atoms with E-state index in [1.807, 2.05) is 6.92 Å². The maximum Gasteiger partial charge on any atom is 0.227 e. The molecule has 1 aliphatic rings. The summed E-state index contributed by atoms with van der Waals surface area (Å²) in [7, 11) is -3.36. The van der Waals surface area contributed by atoms with Gasteiger partial charge in [-0.3, -0.25) is 0 Å². The fourth-order valence-electron chi connectivity index (χ4n) is 1.69. The van der Waals surface area contributed by atoms with Crippen molar-refractivity contribution < 1.29 is 13.2 Å². The highest BCUT2D eigenvalue weighted by atomic mass is 32.2. The third kappa shape index (κ3) is 3.45. The van der Waals surface area contributed by atoms with Crippen molar-refractivity contribution in [1.82, 2.24) is 4.31 Å². The van der Waals surface area contributed by atoms with Gasteiger partial charge in [0.15, 0.2) is 5.75 Å². The summed E-state index contributed by atoms with van der Waals surface area (Å²) >= 11 is 0. The monoisotopic (exact) mass is 232 g/mol. The highest BCUT2D eigenvalue weighted by molar-refractivity contribution is 7.89. The summed E-state index contributed by atoms with van der Waals surface area (Å²) in [4.78, 5) is 0. The lowest BCUT2D eigenvalue weighted by Gasteiger charge is -2.30. The van der Waals surface area contributed by atoms with E-state index in [0.29, 0.717) is 19.7 Å². The molecule has 0 amide bonds. The molecule has 1 rings (SSSR count). The molecule has 0 unspecified atom stereocenters. The molecule has 0 atom stereocenters. The Balaban J connectivity index is 2.47. The van der Waals surface area contributed by atoms with Gasteiger partial charge in [-0.2, -0.15) is 5.26 Å². The lowest BCUT2D eigenvalue weighted by Crippen LogP contribution is -2.41. The van der Waals surface area contributed by atoms with Crippen LogP contribution in [0.5, 0.6) is 0 Å². The van der Waals surface area contributed by atoms with E-state index >= 15 is 0 Å². The Hall–Kier alpha value is -0.640. The number of rotatable bonds is 4. The third-order valence-electron chi connectivity index (χ3n) is 2.44. The van der Waals surface area contributed by atoms with Crippen LogP contribution in [0.15, 0.2) is 0 Å². The zero-order valence-electron chi connectivity index (χ0n) is 8.85. The van der Waals surface area contributed by atoms with E-state index in [2.05, 4.69) is 0 Å². The maximum absolute atomic E-state index is 11.5. The van der Waals surface area contributed by atoms with Crippen LogP contribution in [0.25, 0.3) is 0 Å². The van der Waals surface area contributed by atoms with Gasteiger partial charge in [0.05, 0.1) is 12.2 Å². The normalized spacial score (nSPS) is 20.0. The second-order valence-electron chi connectivity index (χ2n) is 3.47. The maximum atomic E-state index is 11.5. The number of hydrogen-bond acceptors (Lipinski definition) is 4. The third-order valence-corrected chi connectivity index (χ3v) is 4.09. The second-order valence-corrected chi connectivity index (χ2v) is 5.44. The molecular weight excluding hydrogens is 216 g/mol. The van der Waals surface area contributed by atoms with Crippen LogP contribution in [0.3, 0.4) is 0 Å². The molecule has 0 aromatic heterocycles. The molecule has 0 aliphatic carbocycles. The lowest BCUT2D eigenvalue weighted by atomic mass is 10.1. The molecule has 0 spiro atoms. The Kier molecular flexibility index (Phi) is 4.51. The van der Waals surface area contributed by atoms with Crippen LogP contribution >= 0.6 is 0 Å². The van der Waals surface area contributed by atoms with Crippen LogP contribution in [0.2, 0.25) is 0 Å². The molecule has 0 bridgehead atoms. The first-order chi connectivity index (χ1) is 7.10.